The maximum atomic E-state index is 11.4. The predicted octanol–water partition coefficient (Wildman–Crippen LogP) is 3.24. The zero-order valence-corrected chi connectivity index (χ0v) is 14.5. The topological polar surface area (TPSA) is 64.3 Å². The minimum Gasteiger partial charge on any atom is -0.491 e. The zero-order chi connectivity index (χ0) is 17.8. The number of Topliss-reactive ketones (excluding diaryl/α,β-unsaturated/α-hetero) is 1. The minimum atomic E-state index is -0.677. The fourth-order valence-electron chi connectivity index (χ4n) is 2.86. The second kappa shape index (κ2) is 7.49. The van der Waals surface area contributed by atoms with Gasteiger partial charge < -0.3 is 14.4 Å². The molecule has 3 aromatic rings. The number of aromatic nitrogens is 2. The van der Waals surface area contributed by atoms with E-state index in [2.05, 4.69) is 4.98 Å². The van der Waals surface area contributed by atoms with Gasteiger partial charge in [-0.3, -0.25) is 4.79 Å². The number of aryl methyl sites for hydroxylation is 1. The van der Waals surface area contributed by atoms with Gasteiger partial charge in [-0.05, 0) is 31.2 Å². The van der Waals surface area contributed by atoms with Crippen molar-refractivity contribution in [2.75, 3.05) is 6.61 Å². The summed E-state index contributed by atoms with van der Waals surface area (Å²) in [6.07, 6.45) is 0.118. The number of nitrogens with zero attached hydrogens (tertiary/aromatic N) is 2. The molecule has 1 N–H and O–H groups in total. The summed E-state index contributed by atoms with van der Waals surface area (Å²) in [6.45, 7) is 4.13. The third-order valence-corrected chi connectivity index (χ3v) is 4.13. The molecule has 25 heavy (non-hydrogen) atoms. The molecular weight excluding hydrogens is 316 g/mol. The van der Waals surface area contributed by atoms with Gasteiger partial charge in [0.25, 0.3) is 0 Å². The van der Waals surface area contributed by atoms with Crippen LogP contribution in [-0.2, 0) is 13.0 Å². The normalized spacial score (nSPS) is 12.3. The number of para-hydroxylation sites is 2. The van der Waals surface area contributed by atoms with E-state index in [1.807, 2.05) is 35.8 Å². The number of fused-ring (bicyclic) bond motifs is 1. The lowest BCUT2D eigenvalue weighted by Crippen LogP contribution is -2.24. The monoisotopic (exact) mass is 338 g/mol. The number of rotatable bonds is 7. The van der Waals surface area contributed by atoms with Crippen LogP contribution in [0.2, 0.25) is 0 Å². The number of aliphatic hydroxyl groups excluding tert-OH is 1. The highest BCUT2D eigenvalue weighted by Crippen LogP contribution is 2.18. The molecule has 0 radical (unpaired) electrons. The predicted molar refractivity (Wildman–Crippen MR) is 97.1 cm³/mol. The molecule has 1 heterocycles. The number of benzene rings is 2. The van der Waals surface area contributed by atoms with Gasteiger partial charge in [0.05, 0.1) is 17.6 Å². The van der Waals surface area contributed by atoms with Crippen molar-refractivity contribution in [2.45, 2.75) is 32.9 Å². The van der Waals surface area contributed by atoms with Crippen LogP contribution in [0.3, 0.4) is 0 Å². The van der Waals surface area contributed by atoms with Gasteiger partial charge in [0, 0.05) is 12.0 Å². The third kappa shape index (κ3) is 3.88. The standard InChI is InChI=1S/C20H22N2O3/c1-3-20-21-18-9-4-5-10-19(18)22(20)12-16(24)13-25-17-8-6-7-15(11-17)14(2)23/h4-11,16,24H,3,12-13H2,1-2H3/t16-/m1/s1. The van der Waals surface area contributed by atoms with Crippen molar-refractivity contribution in [1.29, 1.82) is 0 Å². The quantitative estimate of drug-likeness (QED) is 0.672. The van der Waals surface area contributed by atoms with E-state index in [4.69, 9.17) is 4.74 Å². The van der Waals surface area contributed by atoms with Gasteiger partial charge in [0.1, 0.15) is 24.3 Å². The summed E-state index contributed by atoms with van der Waals surface area (Å²) in [5.74, 6) is 1.51. The van der Waals surface area contributed by atoms with Crippen LogP contribution in [0.4, 0.5) is 0 Å². The molecule has 0 fully saturated rings. The zero-order valence-electron chi connectivity index (χ0n) is 14.5. The first kappa shape index (κ1) is 17.2. The van der Waals surface area contributed by atoms with E-state index in [0.29, 0.717) is 17.9 Å². The molecule has 130 valence electrons. The van der Waals surface area contributed by atoms with E-state index in [-0.39, 0.29) is 12.4 Å². The van der Waals surface area contributed by atoms with Crippen molar-refractivity contribution in [2.24, 2.45) is 0 Å². The first-order valence-corrected chi connectivity index (χ1v) is 8.44. The average molecular weight is 338 g/mol. The van der Waals surface area contributed by atoms with Crippen molar-refractivity contribution in [1.82, 2.24) is 9.55 Å². The summed E-state index contributed by atoms with van der Waals surface area (Å²) in [7, 11) is 0. The van der Waals surface area contributed by atoms with Gasteiger partial charge in [-0.15, -0.1) is 0 Å². The van der Waals surface area contributed by atoms with Crippen LogP contribution in [0, 0.1) is 0 Å². The van der Waals surface area contributed by atoms with Gasteiger partial charge in [-0.25, -0.2) is 4.98 Å². The van der Waals surface area contributed by atoms with Crippen LogP contribution in [-0.4, -0.2) is 33.2 Å². The second-order valence-electron chi connectivity index (χ2n) is 6.03. The van der Waals surface area contributed by atoms with Gasteiger partial charge in [0.2, 0.25) is 0 Å². The Labute approximate surface area is 146 Å². The summed E-state index contributed by atoms with van der Waals surface area (Å²) < 4.78 is 7.69. The highest BCUT2D eigenvalue weighted by atomic mass is 16.5. The molecule has 3 rings (SSSR count). The van der Waals surface area contributed by atoms with Gasteiger partial charge in [-0.1, -0.05) is 31.2 Å². The maximum Gasteiger partial charge on any atom is 0.159 e. The van der Waals surface area contributed by atoms with Crippen molar-refractivity contribution >= 4 is 16.8 Å². The molecule has 5 heteroatoms. The number of hydrogen-bond donors (Lipinski definition) is 1. The van der Waals surface area contributed by atoms with Crippen molar-refractivity contribution < 1.29 is 14.6 Å². The Morgan fingerprint density at radius 3 is 2.80 bits per heavy atom. The molecule has 0 saturated carbocycles. The van der Waals surface area contributed by atoms with Crippen LogP contribution in [0.25, 0.3) is 11.0 Å². The SMILES string of the molecule is CCc1nc2ccccc2n1C[C@@H](O)COc1cccc(C(C)=O)c1. The largest absolute Gasteiger partial charge is 0.491 e. The highest BCUT2D eigenvalue weighted by molar-refractivity contribution is 5.94. The van der Waals surface area contributed by atoms with Crippen LogP contribution in [0.5, 0.6) is 5.75 Å². The number of carbonyl (C=O) groups excluding carboxylic acids is 1. The van der Waals surface area contributed by atoms with Crippen molar-refractivity contribution in [3.8, 4) is 5.75 Å². The summed E-state index contributed by atoms with van der Waals surface area (Å²) in [4.78, 5) is 16.0. The first-order chi connectivity index (χ1) is 12.1. The van der Waals surface area contributed by atoms with Crippen LogP contribution >= 0.6 is 0 Å². The molecule has 0 aliphatic rings. The second-order valence-corrected chi connectivity index (χ2v) is 6.03. The summed E-state index contributed by atoms with van der Waals surface area (Å²) in [6, 6.07) is 14.9. The Hall–Kier alpha value is -2.66. The lowest BCUT2D eigenvalue weighted by atomic mass is 10.1. The van der Waals surface area contributed by atoms with E-state index in [0.717, 1.165) is 23.3 Å². The molecule has 0 saturated heterocycles. The number of hydrogen-bond acceptors (Lipinski definition) is 4. The Kier molecular flexibility index (Phi) is 5.14. The molecule has 2 aromatic carbocycles. The van der Waals surface area contributed by atoms with E-state index < -0.39 is 6.10 Å². The Bertz CT molecular complexity index is 886. The smallest absolute Gasteiger partial charge is 0.159 e. The number of imidazole rings is 1. The Morgan fingerprint density at radius 2 is 2.04 bits per heavy atom. The molecule has 0 spiro atoms. The van der Waals surface area contributed by atoms with Gasteiger partial charge >= 0.3 is 0 Å². The first-order valence-electron chi connectivity index (χ1n) is 8.44. The molecule has 5 nitrogen and oxygen atoms in total. The summed E-state index contributed by atoms with van der Waals surface area (Å²) >= 11 is 0. The summed E-state index contributed by atoms with van der Waals surface area (Å²) in [5, 5.41) is 10.4. The molecule has 0 aliphatic carbocycles. The van der Waals surface area contributed by atoms with Crippen molar-refractivity contribution in [3.05, 3.63) is 59.9 Å². The highest BCUT2D eigenvalue weighted by Gasteiger charge is 2.14. The molecule has 0 unspecified atom stereocenters. The van der Waals surface area contributed by atoms with E-state index in [1.54, 1.807) is 24.3 Å². The van der Waals surface area contributed by atoms with E-state index in [9.17, 15) is 9.90 Å². The number of aliphatic hydroxyl groups is 1. The molecule has 0 aliphatic heterocycles. The maximum absolute atomic E-state index is 11.4. The minimum absolute atomic E-state index is 0.0107. The molecule has 1 atom stereocenters. The summed E-state index contributed by atoms with van der Waals surface area (Å²) in [5.41, 5.74) is 2.54. The van der Waals surface area contributed by atoms with Crippen LogP contribution in [0.1, 0.15) is 30.0 Å². The van der Waals surface area contributed by atoms with E-state index >= 15 is 0 Å². The molecular formula is C20H22N2O3. The van der Waals surface area contributed by atoms with Gasteiger partial charge in [-0.2, -0.15) is 0 Å². The fourth-order valence-corrected chi connectivity index (χ4v) is 2.86. The number of ketones is 1. The third-order valence-electron chi connectivity index (χ3n) is 4.13. The van der Waals surface area contributed by atoms with Gasteiger partial charge in [0.15, 0.2) is 5.78 Å². The Balaban J connectivity index is 1.70. The number of ether oxygens (including phenoxy) is 1. The van der Waals surface area contributed by atoms with E-state index in [1.165, 1.54) is 6.92 Å². The average Bonchev–Trinajstić information content (AvgIpc) is 2.98. The molecule has 0 amide bonds. The molecule has 1 aromatic heterocycles. The number of carbonyl (C=O) groups is 1. The van der Waals surface area contributed by atoms with Crippen molar-refractivity contribution in [3.63, 3.8) is 0 Å². The lowest BCUT2D eigenvalue weighted by molar-refractivity contribution is 0.0926. The Morgan fingerprint density at radius 1 is 1.24 bits per heavy atom. The molecule has 0 bridgehead atoms. The van der Waals surface area contributed by atoms with Crippen LogP contribution in [0.15, 0.2) is 48.5 Å². The van der Waals surface area contributed by atoms with Crippen LogP contribution < -0.4 is 4.74 Å². The fraction of sp³-hybridized carbons (Fsp3) is 0.300. The lowest BCUT2D eigenvalue weighted by Gasteiger charge is -2.15.